The van der Waals surface area contributed by atoms with Crippen LogP contribution in [0, 0.1) is 0 Å². The van der Waals surface area contributed by atoms with Crippen molar-refractivity contribution >= 4 is 5.91 Å². The number of aromatic nitrogens is 2. The molecule has 1 unspecified atom stereocenters. The maximum absolute atomic E-state index is 12.3. The molecule has 0 spiro atoms. The lowest BCUT2D eigenvalue weighted by Gasteiger charge is -2.09. The zero-order chi connectivity index (χ0) is 16.4. The first kappa shape index (κ1) is 15.4. The molecule has 0 aliphatic carbocycles. The molecule has 6 nitrogen and oxygen atoms in total. The Hall–Kier alpha value is -2.50. The Morgan fingerprint density at radius 3 is 2.83 bits per heavy atom. The normalized spacial score (nSPS) is 13.9. The summed E-state index contributed by atoms with van der Waals surface area (Å²) in [7, 11) is 0. The number of benzene rings is 1. The molecule has 0 saturated carbocycles. The number of carbonyl (C=O) groups is 1. The Morgan fingerprint density at radius 1 is 1.30 bits per heavy atom. The summed E-state index contributed by atoms with van der Waals surface area (Å²) in [6.07, 6.45) is 0.884. The van der Waals surface area contributed by atoms with Crippen LogP contribution in [0.25, 0.3) is 11.3 Å². The summed E-state index contributed by atoms with van der Waals surface area (Å²) in [5.74, 6) is 1.32. The van der Waals surface area contributed by atoms with Crippen LogP contribution in [0.15, 0.2) is 24.3 Å². The first-order valence-electron chi connectivity index (χ1n) is 7.91. The van der Waals surface area contributed by atoms with Crippen LogP contribution in [0.3, 0.4) is 0 Å². The quantitative estimate of drug-likeness (QED) is 0.921. The summed E-state index contributed by atoms with van der Waals surface area (Å²) >= 11 is 0. The SMILES string of the molecule is CCC(C)NC(=O)c1cc(-c2ccc3c(c2)OCO3)n(CC)n1. The Balaban J connectivity index is 1.92. The monoisotopic (exact) mass is 315 g/mol. The lowest BCUT2D eigenvalue weighted by Crippen LogP contribution is -2.32. The highest BCUT2D eigenvalue weighted by molar-refractivity contribution is 5.93. The van der Waals surface area contributed by atoms with Gasteiger partial charge in [-0.1, -0.05) is 6.92 Å². The van der Waals surface area contributed by atoms with E-state index in [1.807, 2.05) is 49.7 Å². The standard InChI is InChI=1S/C17H21N3O3/c1-4-11(3)18-17(21)13-9-14(20(5-2)19-13)12-6-7-15-16(8-12)23-10-22-15/h6-9,11H,4-5,10H2,1-3H3,(H,18,21). The fourth-order valence-electron chi connectivity index (χ4n) is 2.46. The molecule has 3 rings (SSSR count). The van der Waals surface area contributed by atoms with Crippen molar-refractivity contribution in [1.29, 1.82) is 0 Å². The van der Waals surface area contributed by atoms with Crippen LogP contribution in [-0.4, -0.2) is 28.5 Å². The molecule has 6 heteroatoms. The third-order valence-corrected chi connectivity index (χ3v) is 3.97. The van der Waals surface area contributed by atoms with Crippen molar-refractivity contribution in [3.8, 4) is 22.8 Å². The fraction of sp³-hybridized carbons (Fsp3) is 0.412. The zero-order valence-electron chi connectivity index (χ0n) is 13.6. The molecule has 23 heavy (non-hydrogen) atoms. The molecule has 1 amide bonds. The zero-order valence-corrected chi connectivity index (χ0v) is 13.6. The molecule has 1 aliphatic rings. The van der Waals surface area contributed by atoms with E-state index < -0.39 is 0 Å². The summed E-state index contributed by atoms with van der Waals surface area (Å²) in [5.41, 5.74) is 2.27. The van der Waals surface area contributed by atoms with Gasteiger partial charge in [0.05, 0.1) is 5.69 Å². The molecule has 0 radical (unpaired) electrons. The lowest BCUT2D eigenvalue weighted by atomic mass is 10.1. The lowest BCUT2D eigenvalue weighted by molar-refractivity contribution is 0.0933. The minimum absolute atomic E-state index is 0.128. The van der Waals surface area contributed by atoms with Crippen molar-refractivity contribution in [2.75, 3.05) is 6.79 Å². The van der Waals surface area contributed by atoms with Crippen LogP contribution in [0.5, 0.6) is 11.5 Å². The van der Waals surface area contributed by atoms with Gasteiger partial charge in [0.1, 0.15) is 0 Å². The molecule has 0 fully saturated rings. The predicted octanol–water partition coefficient (Wildman–Crippen LogP) is 2.83. The van der Waals surface area contributed by atoms with Gasteiger partial charge in [0.25, 0.3) is 5.91 Å². The molecule has 0 saturated heterocycles. The topological polar surface area (TPSA) is 65.4 Å². The Morgan fingerprint density at radius 2 is 2.09 bits per heavy atom. The number of aryl methyl sites for hydroxylation is 1. The molecular weight excluding hydrogens is 294 g/mol. The van der Waals surface area contributed by atoms with Gasteiger partial charge in [-0.05, 0) is 44.5 Å². The molecule has 0 bridgehead atoms. The number of ether oxygens (including phenoxy) is 2. The molecule has 1 aromatic carbocycles. The van der Waals surface area contributed by atoms with E-state index in [4.69, 9.17) is 9.47 Å². The molecule has 1 aromatic heterocycles. The van der Waals surface area contributed by atoms with Crippen molar-refractivity contribution in [1.82, 2.24) is 15.1 Å². The van der Waals surface area contributed by atoms with Crippen LogP contribution in [0.4, 0.5) is 0 Å². The van der Waals surface area contributed by atoms with Crippen molar-refractivity contribution in [3.63, 3.8) is 0 Å². The van der Waals surface area contributed by atoms with Crippen molar-refractivity contribution < 1.29 is 14.3 Å². The summed E-state index contributed by atoms with van der Waals surface area (Å²) in [4.78, 5) is 12.3. The second-order valence-corrected chi connectivity index (χ2v) is 5.58. The first-order chi connectivity index (χ1) is 11.1. The molecule has 2 heterocycles. The molecule has 1 atom stereocenters. The Labute approximate surface area is 135 Å². The van der Waals surface area contributed by atoms with E-state index in [9.17, 15) is 4.79 Å². The minimum atomic E-state index is -0.145. The van der Waals surface area contributed by atoms with Gasteiger partial charge >= 0.3 is 0 Å². The Bertz CT molecular complexity index is 724. The third kappa shape index (κ3) is 3.02. The average Bonchev–Trinajstić information content (AvgIpc) is 3.20. The predicted molar refractivity (Wildman–Crippen MR) is 86.7 cm³/mol. The van der Waals surface area contributed by atoms with E-state index in [-0.39, 0.29) is 18.7 Å². The van der Waals surface area contributed by atoms with Crippen LogP contribution < -0.4 is 14.8 Å². The number of nitrogens with one attached hydrogen (secondary N) is 1. The number of hydrogen-bond donors (Lipinski definition) is 1. The number of nitrogens with zero attached hydrogens (tertiary/aromatic N) is 2. The van der Waals surface area contributed by atoms with Crippen LogP contribution >= 0.6 is 0 Å². The second-order valence-electron chi connectivity index (χ2n) is 5.58. The average molecular weight is 315 g/mol. The van der Waals surface area contributed by atoms with Gasteiger partial charge in [0, 0.05) is 18.2 Å². The summed E-state index contributed by atoms with van der Waals surface area (Å²) < 4.78 is 12.6. The van der Waals surface area contributed by atoms with Gasteiger partial charge in [-0.2, -0.15) is 5.10 Å². The largest absolute Gasteiger partial charge is 0.454 e. The van der Waals surface area contributed by atoms with Gasteiger partial charge in [-0.25, -0.2) is 0 Å². The van der Waals surface area contributed by atoms with Crippen LogP contribution in [0.2, 0.25) is 0 Å². The summed E-state index contributed by atoms with van der Waals surface area (Å²) in [6, 6.07) is 7.69. The highest BCUT2D eigenvalue weighted by atomic mass is 16.7. The number of amides is 1. The van der Waals surface area contributed by atoms with E-state index in [1.54, 1.807) is 0 Å². The second kappa shape index (κ2) is 6.32. The van der Waals surface area contributed by atoms with E-state index in [1.165, 1.54) is 0 Å². The van der Waals surface area contributed by atoms with Gasteiger partial charge in [0.15, 0.2) is 17.2 Å². The molecule has 2 aromatic rings. The van der Waals surface area contributed by atoms with Gasteiger partial charge < -0.3 is 14.8 Å². The number of fused-ring (bicyclic) bond motifs is 1. The highest BCUT2D eigenvalue weighted by Gasteiger charge is 2.19. The number of rotatable bonds is 5. The first-order valence-corrected chi connectivity index (χ1v) is 7.91. The molecular formula is C17H21N3O3. The van der Waals surface area contributed by atoms with E-state index in [2.05, 4.69) is 10.4 Å². The van der Waals surface area contributed by atoms with Crippen molar-refractivity contribution in [2.45, 2.75) is 39.8 Å². The summed E-state index contributed by atoms with van der Waals surface area (Å²) in [6.45, 7) is 6.94. The van der Waals surface area contributed by atoms with Crippen molar-refractivity contribution in [3.05, 3.63) is 30.0 Å². The van der Waals surface area contributed by atoms with E-state index in [0.717, 1.165) is 29.2 Å². The van der Waals surface area contributed by atoms with E-state index in [0.29, 0.717) is 12.2 Å². The van der Waals surface area contributed by atoms with Gasteiger partial charge in [0.2, 0.25) is 6.79 Å². The van der Waals surface area contributed by atoms with Gasteiger partial charge in [-0.15, -0.1) is 0 Å². The van der Waals surface area contributed by atoms with E-state index >= 15 is 0 Å². The summed E-state index contributed by atoms with van der Waals surface area (Å²) in [5, 5.41) is 7.36. The minimum Gasteiger partial charge on any atom is -0.454 e. The third-order valence-electron chi connectivity index (χ3n) is 3.97. The molecule has 122 valence electrons. The van der Waals surface area contributed by atoms with Crippen LogP contribution in [0.1, 0.15) is 37.7 Å². The maximum Gasteiger partial charge on any atom is 0.272 e. The number of carbonyl (C=O) groups excluding carboxylic acids is 1. The highest BCUT2D eigenvalue weighted by Crippen LogP contribution is 2.36. The van der Waals surface area contributed by atoms with Crippen LogP contribution in [-0.2, 0) is 6.54 Å². The molecule has 1 aliphatic heterocycles. The van der Waals surface area contributed by atoms with Crippen molar-refractivity contribution in [2.24, 2.45) is 0 Å². The number of hydrogen-bond acceptors (Lipinski definition) is 4. The smallest absolute Gasteiger partial charge is 0.272 e. The molecule has 1 N–H and O–H groups in total. The fourth-order valence-corrected chi connectivity index (χ4v) is 2.46. The Kier molecular flexibility index (Phi) is 4.23. The maximum atomic E-state index is 12.3. The van der Waals surface area contributed by atoms with Gasteiger partial charge in [-0.3, -0.25) is 9.48 Å².